The number of aromatic nitrogens is 1. The first-order valence-corrected chi connectivity index (χ1v) is 9.29. The van der Waals surface area contributed by atoms with Gasteiger partial charge in [-0.2, -0.15) is 0 Å². The van der Waals surface area contributed by atoms with Gasteiger partial charge in [0.15, 0.2) is 0 Å². The van der Waals surface area contributed by atoms with Gasteiger partial charge in [0.2, 0.25) is 0 Å². The topological polar surface area (TPSA) is 12.9 Å². The monoisotopic (exact) mass is 340 g/mol. The minimum absolute atomic E-state index is 0.317. The molecular formula is C23H18NS. The number of hydrogen-bond acceptors (Lipinski definition) is 2. The van der Waals surface area contributed by atoms with Crippen molar-refractivity contribution in [2.45, 2.75) is 12.3 Å². The fourth-order valence-corrected chi connectivity index (χ4v) is 3.96. The summed E-state index contributed by atoms with van der Waals surface area (Å²) < 4.78 is 0. The second kappa shape index (κ2) is 7.45. The highest BCUT2D eigenvalue weighted by molar-refractivity contribution is 7.13. The molecule has 0 amide bonds. The Labute approximate surface area is 152 Å². The largest absolute Gasteiger partial charge is 0.254 e. The standard InChI is InChI=1S/C23H18NS/c1-3-8-18(9-4-1)21(19-10-5-2-6-11-19)16-20-13-14-24-17-22(20)23-12-7-15-25-23/h1-15,21H,16H2. The molecule has 4 rings (SSSR count). The zero-order valence-corrected chi connectivity index (χ0v) is 14.6. The van der Waals surface area contributed by atoms with Gasteiger partial charge in [0.1, 0.15) is 0 Å². The van der Waals surface area contributed by atoms with E-state index in [1.54, 1.807) is 11.3 Å². The summed E-state index contributed by atoms with van der Waals surface area (Å²) >= 11 is 1.74. The molecular weight excluding hydrogens is 322 g/mol. The minimum atomic E-state index is 0.317. The fourth-order valence-electron chi connectivity index (χ4n) is 3.21. The average Bonchev–Trinajstić information content (AvgIpc) is 3.22. The third-order valence-electron chi connectivity index (χ3n) is 4.44. The second-order valence-corrected chi connectivity index (χ2v) is 6.96. The molecule has 0 saturated heterocycles. The molecule has 0 aliphatic carbocycles. The van der Waals surface area contributed by atoms with E-state index in [1.807, 2.05) is 6.20 Å². The van der Waals surface area contributed by atoms with Crippen LogP contribution >= 0.6 is 11.3 Å². The van der Waals surface area contributed by atoms with Crippen molar-refractivity contribution in [1.29, 1.82) is 0 Å². The number of benzene rings is 2. The molecule has 2 aromatic heterocycles. The van der Waals surface area contributed by atoms with Gasteiger partial charge in [-0.1, -0.05) is 66.7 Å². The molecule has 2 aromatic carbocycles. The molecule has 0 saturated carbocycles. The summed E-state index contributed by atoms with van der Waals surface area (Å²) in [6, 6.07) is 27.8. The molecule has 0 bridgehead atoms. The molecule has 1 nitrogen and oxygen atoms in total. The lowest BCUT2D eigenvalue weighted by atomic mass is 9.85. The van der Waals surface area contributed by atoms with Crippen molar-refractivity contribution in [1.82, 2.24) is 4.98 Å². The molecule has 0 unspecified atom stereocenters. The van der Waals surface area contributed by atoms with Crippen molar-refractivity contribution in [3.63, 3.8) is 0 Å². The van der Waals surface area contributed by atoms with Gasteiger partial charge in [-0.25, -0.2) is 0 Å². The van der Waals surface area contributed by atoms with Crippen LogP contribution in [0, 0.1) is 6.20 Å². The number of pyridine rings is 1. The maximum Gasteiger partial charge on any atom is 0.0982 e. The lowest BCUT2D eigenvalue weighted by Gasteiger charge is -2.19. The van der Waals surface area contributed by atoms with Gasteiger partial charge in [0, 0.05) is 22.6 Å². The van der Waals surface area contributed by atoms with Gasteiger partial charge < -0.3 is 0 Å². The highest BCUT2D eigenvalue weighted by atomic mass is 32.1. The Morgan fingerprint density at radius 3 is 2.08 bits per heavy atom. The zero-order valence-electron chi connectivity index (χ0n) is 13.8. The van der Waals surface area contributed by atoms with Crippen molar-refractivity contribution in [2.75, 3.05) is 0 Å². The molecule has 2 heterocycles. The van der Waals surface area contributed by atoms with Crippen LogP contribution < -0.4 is 0 Å². The van der Waals surface area contributed by atoms with E-state index in [0.717, 1.165) is 12.0 Å². The van der Waals surface area contributed by atoms with Crippen molar-refractivity contribution >= 4 is 11.3 Å². The van der Waals surface area contributed by atoms with Crippen LogP contribution in [0.25, 0.3) is 10.4 Å². The number of rotatable bonds is 5. The first kappa shape index (κ1) is 15.8. The van der Waals surface area contributed by atoms with Crippen LogP contribution in [0.1, 0.15) is 22.6 Å². The van der Waals surface area contributed by atoms with Gasteiger partial charge in [0.25, 0.3) is 0 Å². The fraction of sp³-hybridized carbons (Fsp3) is 0.0870. The van der Waals surface area contributed by atoms with Crippen molar-refractivity contribution in [2.24, 2.45) is 0 Å². The summed E-state index contributed by atoms with van der Waals surface area (Å²) in [6.45, 7) is 0. The summed E-state index contributed by atoms with van der Waals surface area (Å²) in [5.41, 5.74) is 5.08. The van der Waals surface area contributed by atoms with E-state index >= 15 is 0 Å². The molecule has 0 fully saturated rings. The Bertz CT molecular complexity index is 875. The third kappa shape index (κ3) is 3.54. The van der Waals surface area contributed by atoms with E-state index < -0.39 is 0 Å². The van der Waals surface area contributed by atoms with Crippen LogP contribution in [0.2, 0.25) is 0 Å². The van der Waals surface area contributed by atoms with Crippen LogP contribution in [-0.2, 0) is 6.42 Å². The van der Waals surface area contributed by atoms with Gasteiger partial charge in [-0.15, -0.1) is 11.3 Å². The first-order chi connectivity index (χ1) is 12.4. The summed E-state index contributed by atoms with van der Waals surface area (Å²) in [4.78, 5) is 5.46. The minimum Gasteiger partial charge on any atom is -0.254 e. The predicted octanol–water partition coefficient (Wildman–Crippen LogP) is 5.98. The van der Waals surface area contributed by atoms with Gasteiger partial charge in [-0.05, 0) is 40.6 Å². The summed E-state index contributed by atoms with van der Waals surface area (Å²) in [5, 5.41) is 2.10. The Balaban J connectivity index is 1.76. The molecule has 0 atom stereocenters. The zero-order chi connectivity index (χ0) is 16.9. The van der Waals surface area contributed by atoms with Crippen LogP contribution in [0.4, 0.5) is 0 Å². The molecule has 0 N–H and O–H groups in total. The van der Waals surface area contributed by atoms with E-state index in [2.05, 4.69) is 95.4 Å². The average molecular weight is 340 g/mol. The van der Waals surface area contributed by atoms with Gasteiger partial charge in [-0.3, -0.25) is 4.98 Å². The number of thiophene rings is 1. The normalized spacial score (nSPS) is 10.9. The lowest BCUT2D eigenvalue weighted by Crippen LogP contribution is -2.06. The quantitative estimate of drug-likeness (QED) is 0.435. The van der Waals surface area contributed by atoms with E-state index in [1.165, 1.54) is 21.6 Å². The first-order valence-electron chi connectivity index (χ1n) is 8.41. The van der Waals surface area contributed by atoms with Crippen molar-refractivity contribution in [3.8, 4) is 10.4 Å². The molecule has 121 valence electrons. The molecule has 0 aliphatic rings. The van der Waals surface area contributed by atoms with E-state index in [-0.39, 0.29) is 0 Å². The van der Waals surface area contributed by atoms with Crippen LogP contribution in [0.3, 0.4) is 0 Å². The molecule has 4 aromatic rings. The maximum absolute atomic E-state index is 4.24. The molecule has 0 aliphatic heterocycles. The van der Waals surface area contributed by atoms with Gasteiger partial charge >= 0.3 is 0 Å². The van der Waals surface area contributed by atoms with Crippen molar-refractivity contribution < 1.29 is 0 Å². The Hall–Kier alpha value is -2.71. The number of hydrogen-bond donors (Lipinski definition) is 0. The Morgan fingerprint density at radius 1 is 0.800 bits per heavy atom. The van der Waals surface area contributed by atoms with Crippen LogP contribution in [0.15, 0.2) is 90.4 Å². The highest BCUT2D eigenvalue weighted by Crippen LogP contribution is 2.33. The second-order valence-electron chi connectivity index (χ2n) is 6.01. The van der Waals surface area contributed by atoms with Crippen molar-refractivity contribution in [3.05, 3.63) is 113 Å². The SMILES string of the molecule is [c]1nccc(CC(c2ccccc2)c2ccccc2)c1-c1cccs1. The Morgan fingerprint density at radius 2 is 1.48 bits per heavy atom. The maximum atomic E-state index is 4.24. The molecule has 25 heavy (non-hydrogen) atoms. The Kier molecular flexibility index (Phi) is 4.71. The van der Waals surface area contributed by atoms with E-state index in [9.17, 15) is 0 Å². The summed E-state index contributed by atoms with van der Waals surface area (Å²) in [5.74, 6) is 0.317. The smallest absolute Gasteiger partial charge is 0.0982 e. The molecule has 0 spiro atoms. The predicted molar refractivity (Wildman–Crippen MR) is 105 cm³/mol. The van der Waals surface area contributed by atoms with E-state index in [0.29, 0.717) is 5.92 Å². The summed E-state index contributed by atoms with van der Waals surface area (Å²) in [6.07, 6.45) is 5.99. The lowest BCUT2D eigenvalue weighted by molar-refractivity contribution is 0.805. The van der Waals surface area contributed by atoms with E-state index in [4.69, 9.17) is 0 Å². The molecule has 2 heteroatoms. The summed E-state index contributed by atoms with van der Waals surface area (Å²) in [7, 11) is 0. The third-order valence-corrected chi connectivity index (χ3v) is 5.33. The van der Waals surface area contributed by atoms with Gasteiger partial charge in [0.05, 0.1) is 6.20 Å². The van der Waals surface area contributed by atoms with Crippen LogP contribution in [0.5, 0.6) is 0 Å². The molecule has 1 radical (unpaired) electrons. The number of nitrogens with zero attached hydrogens (tertiary/aromatic N) is 1. The van der Waals surface area contributed by atoms with Crippen LogP contribution in [-0.4, -0.2) is 4.98 Å². The highest BCUT2D eigenvalue weighted by Gasteiger charge is 2.17.